The minimum atomic E-state index is 0.566. The maximum absolute atomic E-state index is 4.40. The van der Waals surface area contributed by atoms with Crippen molar-refractivity contribution >= 4 is 5.57 Å². The van der Waals surface area contributed by atoms with Crippen LogP contribution in [0.25, 0.3) is 5.57 Å². The Morgan fingerprint density at radius 2 is 2.12 bits per heavy atom. The van der Waals surface area contributed by atoms with E-state index in [1.54, 1.807) is 0 Å². The van der Waals surface area contributed by atoms with Gasteiger partial charge >= 0.3 is 0 Å². The van der Waals surface area contributed by atoms with Crippen LogP contribution in [-0.2, 0) is 0 Å². The number of nitrogens with zero attached hydrogens (tertiary/aromatic N) is 2. The van der Waals surface area contributed by atoms with Crippen LogP contribution >= 0.6 is 0 Å². The summed E-state index contributed by atoms with van der Waals surface area (Å²) in [5.74, 6) is 0.566. The average Bonchev–Trinajstić information content (AvgIpc) is 2.90. The molecule has 0 spiro atoms. The van der Waals surface area contributed by atoms with E-state index in [1.165, 1.54) is 49.8 Å². The zero-order valence-electron chi connectivity index (χ0n) is 10.2. The van der Waals surface area contributed by atoms with Crippen molar-refractivity contribution < 1.29 is 0 Å². The zero-order chi connectivity index (χ0) is 11.5. The van der Waals surface area contributed by atoms with Gasteiger partial charge in [-0.2, -0.15) is 15.4 Å². The molecule has 0 aliphatic heterocycles. The van der Waals surface area contributed by atoms with Gasteiger partial charge in [0.15, 0.2) is 0 Å². The lowest BCUT2D eigenvalue weighted by Crippen LogP contribution is -2.05. The Kier molecular flexibility index (Phi) is 3.08. The first-order valence-electron chi connectivity index (χ1n) is 6.70. The van der Waals surface area contributed by atoms with Gasteiger partial charge in [-0.25, -0.2) is 0 Å². The summed E-state index contributed by atoms with van der Waals surface area (Å²) in [7, 11) is 0. The summed E-state index contributed by atoms with van der Waals surface area (Å²) in [6.45, 7) is 0. The van der Waals surface area contributed by atoms with Crippen LogP contribution in [0.4, 0.5) is 0 Å². The molecule has 3 nitrogen and oxygen atoms in total. The first kappa shape index (κ1) is 10.8. The zero-order valence-corrected chi connectivity index (χ0v) is 10.2. The van der Waals surface area contributed by atoms with E-state index in [0.717, 1.165) is 12.1 Å². The third-order valence-corrected chi connectivity index (χ3v) is 3.83. The van der Waals surface area contributed by atoms with Crippen molar-refractivity contribution in [1.82, 2.24) is 15.4 Å². The van der Waals surface area contributed by atoms with E-state index in [1.807, 2.05) is 0 Å². The number of rotatable bonds is 2. The molecule has 2 aliphatic rings. The van der Waals surface area contributed by atoms with E-state index in [-0.39, 0.29) is 0 Å². The summed E-state index contributed by atoms with van der Waals surface area (Å²) in [4.78, 5) is 0. The molecule has 3 rings (SSSR count). The van der Waals surface area contributed by atoms with Crippen molar-refractivity contribution in [2.75, 3.05) is 0 Å². The van der Waals surface area contributed by atoms with Crippen molar-refractivity contribution in [3.8, 4) is 0 Å². The SMILES string of the molecule is C1=CCC(c2n[nH]nc2C2=CCCCC2)CC1. The number of hydrogen-bond acceptors (Lipinski definition) is 2. The van der Waals surface area contributed by atoms with Gasteiger partial charge in [0.1, 0.15) is 5.69 Å². The van der Waals surface area contributed by atoms with Gasteiger partial charge in [0.05, 0.1) is 5.69 Å². The molecule has 1 aromatic heterocycles. The summed E-state index contributed by atoms with van der Waals surface area (Å²) < 4.78 is 0. The molecule has 1 atom stereocenters. The predicted octanol–water partition coefficient (Wildman–Crippen LogP) is 3.59. The first-order valence-corrected chi connectivity index (χ1v) is 6.70. The highest BCUT2D eigenvalue weighted by Crippen LogP contribution is 2.34. The number of aromatic nitrogens is 3. The molecule has 0 fully saturated rings. The molecule has 1 aromatic rings. The van der Waals surface area contributed by atoms with Gasteiger partial charge in [0, 0.05) is 5.92 Å². The number of hydrogen-bond donors (Lipinski definition) is 1. The molecule has 0 aromatic carbocycles. The summed E-state index contributed by atoms with van der Waals surface area (Å²) in [5, 5.41) is 11.6. The Labute approximate surface area is 102 Å². The maximum Gasteiger partial charge on any atom is 0.111 e. The van der Waals surface area contributed by atoms with Crippen LogP contribution in [0.3, 0.4) is 0 Å². The molecule has 0 bridgehead atoms. The highest BCUT2D eigenvalue weighted by Gasteiger charge is 2.22. The normalized spacial score (nSPS) is 24.7. The van der Waals surface area contributed by atoms with Crippen LogP contribution in [0.2, 0.25) is 0 Å². The third-order valence-electron chi connectivity index (χ3n) is 3.83. The van der Waals surface area contributed by atoms with E-state index >= 15 is 0 Å². The maximum atomic E-state index is 4.40. The predicted molar refractivity (Wildman–Crippen MR) is 68.6 cm³/mol. The summed E-state index contributed by atoms with van der Waals surface area (Å²) in [6, 6.07) is 0. The summed E-state index contributed by atoms with van der Waals surface area (Å²) >= 11 is 0. The summed E-state index contributed by atoms with van der Waals surface area (Å²) in [6.07, 6.45) is 15.4. The molecule has 0 amide bonds. The lowest BCUT2D eigenvalue weighted by molar-refractivity contribution is 0.597. The van der Waals surface area contributed by atoms with E-state index in [9.17, 15) is 0 Å². The van der Waals surface area contributed by atoms with Crippen LogP contribution in [0, 0.1) is 0 Å². The Hall–Kier alpha value is -1.38. The van der Waals surface area contributed by atoms with Crippen LogP contribution < -0.4 is 0 Å². The lowest BCUT2D eigenvalue weighted by Gasteiger charge is -2.18. The molecular formula is C14H19N3. The second-order valence-electron chi connectivity index (χ2n) is 5.01. The first-order chi connectivity index (χ1) is 8.45. The molecule has 0 saturated carbocycles. The molecule has 90 valence electrons. The Morgan fingerprint density at radius 3 is 2.88 bits per heavy atom. The van der Waals surface area contributed by atoms with Gasteiger partial charge in [-0.3, -0.25) is 0 Å². The second-order valence-corrected chi connectivity index (χ2v) is 5.01. The monoisotopic (exact) mass is 229 g/mol. The minimum Gasteiger partial charge on any atom is -0.197 e. The number of aromatic amines is 1. The van der Waals surface area contributed by atoms with Gasteiger partial charge in [0.25, 0.3) is 0 Å². The molecule has 17 heavy (non-hydrogen) atoms. The Balaban J connectivity index is 1.88. The lowest BCUT2D eigenvalue weighted by atomic mass is 9.87. The molecule has 1 heterocycles. The van der Waals surface area contributed by atoms with Gasteiger partial charge in [-0.1, -0.05) is 18.2 Å². The molecular weight excluding hydrogens is 210 g/mol. The molecule has 2 aliphatic carbocycles. The molecule has 1 unspecified atom stereocenters. The highest BCUT2D eigenvalue weighted by molar-refractivity contribution is 5.65. The van der Waals surface area contributed by atoms with Crippen LogP contribution in [0.1, 0.15) is 62.3 Å². The molecule has 0 saturated heterocycles. The van der Waals surface area contributed by atoms with Crippen molar-refractivity contribution in [3.05, 3.63) is 29.6 Å². The average molecular weight is 229 g/mol. The largest absolute Gasteiger partial charge is 0.197 e. The van der Waals surface area contributed by atoms with E-state index < -0.39 is 0 Å². The van der Waals surface area contributed by atoms with Crippen molar-refractivity contribution in [2.45, 2.75) is 50.9 Å². The smallest absolute Gasteiger partial charge is 0.111 e. The Morgan fingerprint density at radius 1 is 1.12 bits per heavy atom. The third kappa shape index (κ3) is 2.19. The molecule has 1 N–H and O–H groups in total. The molecule has 0 radical (unpaired) electrons. The molecule has 3 heteroatoms. The summed E-state index contributed by atoms with van der Waals surface area (Å²) in [5.41, 5.74) is 3.75. The van der Waals surface area contributed by atoms with Gasteiger partial charge in [0.2, 0.25) is 0 Å². The van der Waals surface area contributed by atoms with Crippen molar-refractivity contribution in [3.63, 3.8) is 0 Å². The fourth-order valence-electron chi connectivity index (χ4n) is 2.86. The standard InChI is InChI=1S/C14H19N3/c1-3-7-11(8-4-1)13-14(16-17-15-13)12-9-5-2-6-10-12/h1,3,9,11H,2,4-8,10H2,(H,15,16,17). The van der Waals surface area contributed by atoms with Crippen LogP contribution in [-0.4, -0.2) is 15.4 Å². The minimum absolute atomic E-state index is 0.566. The topological polar surface area (TPSA) is 41.6 Å². The Bertz CT molecular complexity index is 442. The van der Waals surface area contributed by atoms with Crippen LogP contribution in [0.5, 0.6) is 0 Å². The van der Waals surface area contributed by atoms with Crippen LogP contribution in [0.15, 0.2) is 18.2 Å². The number of nitrogens with one attached hydrogen (secondary N) is 1. The fourth-order valence-corrected chi connectivity index (χ4v) is 2.86. The van der Waals surface area contributed by atoms with E-state index in [2.05, 4.69) is 33.6 Å². The van der Waals surface area contributed by atoms with E-state index in [4.69, 9.17) is 0 Å². The number of allylic oxidation sites excluding steroid dienone is 4. The second kappa shape index (κ2) is 4.86. The van der Waals surface area contributed by atoms with Gasteiger partial charge in [-0.05, 0) is 50.5 Å². The van der Waals surface area contributed by atoms with Crippen molar-refractivity contribution in [1.29, 1.82) is 0 Å². The van der Waals surface area contributed by atoms with Gasteiger partial charge < -0.3 is 0 Å². The quantitative estimate of drug-likeness (QED) is 0.787. The number of H-pyrrole nitrogens is 1. The highest BCUT2D eigenvalue weighted by atomic mass is 15.3. The fraction of sp³-hybridized carbons (Fsp3) is 0.571. The van der Waals surface area contributed by atoms with Crippen molar-refractivity contribution in [2.24, 2.45) is 0 Å². The van der Waals surface area contributed by atoms with E-state index in [0.29, 0.717) is 5.92 Å². The van der Waals surface area contributed by atoms with Gasteiger partial charge in [-0.15, -0.1) is 0 Å².